The van der Waals surface area contributed by atoms with Gasteiger partial charge < -0.3 is 5.11 Å². The lowest BCUT2D eigenvalue weighted by atomic mass is 9.86. The summed E-state index contributed by atoms with van der Waals surface area (Å²) in [5, 5.41) is 9.41. The third-order valence-electron chi connectivity index (χ3n) is 3.79. The zero-order valence-electron chi connectivity index (χ0n) is 13.3. The minimum atomic E-state index is -0.742. The van der Waals surface area contributed by atoms with Crippen LogP contribution in [0.1, 0.15) is 45.7 Å². The van der Waals surface area contributed by atoms with Gasteiger partial charge in [0.05, 0.1) is 0 Å². The number of carboxylic acid groups (broad SMARTS) is 1. The van der Waals surface area contributed by atoms with E-state index in [4.69, 9.17) is 0 Å². The Morgan fingerprint density at radius 3 is 2.00 bits per heavy atom. The van der Waals surface area contributed by atoms with E-state index in [1.807, 2.05) is 18.7 Å². The molecule has 0 amide bonds. The quantitative estimate of drug-likeness (QED) is 0.867. The monoisotopic (exact) mass is 277 g/mol. The van der Waals surface area contributed by atoms with Crippen LogP contribution in [0.5, 0.6) is 0 Å². The highest BCUT2D eigenvalue weighted by molar-refractivity contribution is 5.74. The number of hydrogen-bond donors (Lipinski definition) is 1. The maximum absolute atomic E-state index is 11.4. The fourth-order valence-electron chi connectivity index (χ4n) is 2.40. The second-order valence-corrected chi connectivity index (χ2v) is 6.23. The molecule has 0 aliphatic carbocycles. The first-order valence-corrected chi connectivity index (χ1v) is 7.35. The molecule has 20 heavy (non-hydrogen) atoms. The zero-order valence-corrected chi connectivity index (χ0v) is 13.3. The molecule has 112 valence electrons. The minimum Gasteiger partial charge on any atom is -0.480 e. The lowest BCUT2D eigenvalue weighted by molar-refractivity contribution is -0.143. The van der Waals surface area contributed by atoms with E-state index in [9.17, 15) is 9.90 Å². The molecule has 3 heteroatoms. The van der Waals surface area contributed by atoms with Gasteiger partial charge in [-0.05, 0) is 36.1 Å². The highest BCUT2D eigenvalue weighted by Gasteiger charge is 2.23. The highest BCUT2D eigenvalue weighted by atomic mass is 16.4. The number of nitrogens with zero attached hydrogens (tertiary/aromatic N) is 1. The van der Waals surface area contributed by atoms with Gasteiger partial charge >= 0.3 is 5.97 Å². The van der Waals surface area contributed by atoms with Gasteiger partial charge in [-0.1, -0.05) is 58.9 Å². The first-order valence-electron chi connectivity index (χ1n) is 7.35. The lowest BCUT2D eigenvalue weighted by Crippen LogP contribution is -2.42. The second kappa shape index (κ2) is 6.89. The Labute approximate surface area is 122 Å². The molecule has 1 atom stereocenters. The third-order valence-corrected chi connectivity index (χ3v) is 3.79. The largest absolute Gasteiger partial charge is 0.480 e. The molecule has 1 N–H and O–H groups in total. The Kier molecular flexibility index (Phi) is 5.75. The summed E-state index contributed by atoms with van der Waals surface area (Å²) < 4.78 is 0. The maximum atomic E-state index is 11.4. The van der Waals surface area contributed by atoms with Gasteiger partial charge in [-0.3, -0.25) is 9.69 Å². The van der Waals surface area contributed by atoms with E-state index >= 15 is 0 Å². The van der Waals surface area contributed by atoms with E-state index in [0.717, 1.165) is 18.7 Å². The van der Waals surface area contributed by atoms with Crippen molar-refractivity contribution in [2.75, 3.05) is 13.1 Å². The van der Waals surface area contributed by atoms with Gasteiger partial charge in [0.25, 0.3) is 0 Å². The standard InChI is InChI=1S/C17H27NO2/c1-6-18(7-2)15(16(19)20)12-13-8-10-14(11-9-13)17(3,4)5/h8-11,15H,6-7,12H2,1-5H3,(H,19,20). The molecule has 1 aromatic rings. The summed E-state index contributed by atoms with van der Waals surface area (Å²) in [6.07, 6.45) is 0.557. The first kappa shape index (κ1) is 16.7. The summed E-state index contributed by atoms with van der Waals surface area (Å²) >= 11 is 0. The van der Waals surface area contributed by atoms with E-state index in [1.54, 1.807) is 0 Å². The van der Waals surface area contributed by atoms with Crippen LogP contribution in [0.15, 0.2) is 24.3 Å². The predicted octanol–water partition coefficient (Wildman–Crippen LogP) is 3.32. The Balaban J connectivity index is 2.87. The number of rotatable bonds is 6. The van der Waals surface area contributed by atoms with Crippen LogP contribution in [0.25, 0.3) is 0 Å². The molecule has 3 nitrogen and oxygen atoms in total. The van der Waals surface area contributed by atoms with Crippen molar-refractivity contribution < 1.29 is 9.90 Å². The van der Waals surface area contributed by atoms with Gasteiger partial charge in [0, 0.05) is 0 Å². The molecule has 0 saturated carbocycles. The van der Waals surface area contributed by atoms with E-state index in [2.05, 4.69) is 45.0 Å². The van der Waals surface area contributed by atoms with E-state index in [0.29, 0.717) is 6.42 Å². The molecule has 0 saturated heterocycles. The molecule has 1 aromatic carbocycles. The molecule has 0 spiro atoms. The van der Waals surface area contributed by atoms with E-state index in [-0.39, 0.29) is 5.41 Å². The lowest BCUT2D eigenvalue weighted by Gasteiger charge is -2.26. The summed E-state index contributed by atoms with van der Waals surface area (Å²) in [5.74, 6) is -0.742. The van der Waals surface area contributed by atoms with Crippen LogP contribution in [0.2, 0.25) is 0 Å². The summed E-state index contributed by atoms with van der Waals surface area (Å²) in [7, 11) is 0. The Morgan fingerprint density at radius 1 is 1.15 bits per heavy atom. The number of likely N-dealkylation sites (N-methyl/N-ethyl adjacent to an activating group) is 1. The second-order valence-electron chi connectivity index (χ2n) is 6.23. The van der Waals surface area contributed by atoms with Crippen molar-refractivity contribution in [3.63, 3.8) is 0 Å². The van der Waals surface area contributed by atoms with Crippen LogP contribution in [0.4, 0.5) is 0 Å². The summed E-state index contributed by atoms with van der Waals surface area (Å²) in [5.41, 5.74) is 2.48. The van der Waals surface area contributed by atoms with Crippen molar-refractivity contribution in [1.82, 2.24) is 4.90 Å². The van der Waals surface area contributed by atoms with E-state index < -0.39 is 12.0 Å². The summed E-state index contributed by atoms with van der Waals surface area (Å²) in [6, 6.07) is 7.89. The summed E-state index contributed by atoms with van der Waals surface area (Å²) in [6.45, 7) is 12.1. The van der Waals surface area contributed by atoms with Crippen LogP contribution < -0.4 is 0 Å². The van der Waals surface area contributed by atoms with Crippen LogP contribution in [-0.2, 0) is 16.6 Å². The van der Waals surface area contributed by atoms with Gasteiger partial charge in [-0.2, -0.15) is 0 Å². The van der Waals surface area contributed by atoms with Crippen LogP contribution >= 0.6 is 0 Å². The van der Waals surface area contributed by atoms with Crippen LogP contribution in [-0.4, -0.2) is 35.1 Å². The first-order chi connectivity index (χ1) is 9.29. The number of carboxylic acids is 1. The molecule has 0 aliphatic rings. The van der Waals surface area contributed by atoms with Gasteiger partial charge in [-0.15, -0.1) is 0 Å². The van der Waals surface area contributed by atoms with Gasteiger partial charge in [0.1, 0.15) is 6.04 Å². The number of hydrogen-bond acceptors (Lipinski definition) is 2. The molecule has 1 unspecified atom stereocenters. The van der Waals surface area contributed by atoms with E-state index in [1.165, 1.54) is 5.56 Å². The average Bonchev–Trinajstić information content (AvgIpc) is 2.38. The van der Waals surface area contributed by atoms with Gasteiger partial charge in [0.15, 0.2) is 0 Å². The molecular formula is C17H27NO2. The number of benzene rings is 1. The predicted molar refractivity (Wildman–Crippen MR) is 83.2 cm³/mol. The molecular weight excluding hydrogens is 250 g/mol. The van der Waals surface area contributed by atoms with Crippen molar-refractivity contribution in [2.45, 2.75) is 52.5 Å². The maximum Gasteiger partial charge on any atom is 0.321 e. The van der Waals surface area contributed by atoms with Crippen molar-refractivity contribution in [3.05, 3.63) is 35.4 Å². The Bertz CT molecular complexity index is 427. The van der Waals surface area contributed by atoms with Gasteiger partial charge in [-0.25, -0.2) is 0 Å². The summed E-state index contributed by atoms with van der Waals surface area (Å²) in [4.78, 5) is 13.4. The minimum absolute atomic E-state index is 0.129. The Hall–Kier alpha value is -1.35. The molecule has 0 radical (unpaired) electrons. The van der Waals surface area contributed by atoms with Crippen LogP contribution in [0, 0.1) is 0 Å². The third kappa shape index (κ3) is 4.34. The SMILES string of the molecule is CCN(CC)C(Cc1ccc(C(C)(C)C)cc1)C(=O)O. The molecule has 1 rings (SSSR count). The molecule has 0 heterocycles. The van der Waals surface area contributed by atoms with Crippen molar-refractivity contribution in [1.29, 1.82) is 0 Å². The topological polar surface area (TPSA) is 40.5 Å². The smallest absolute Gasteiger partial charge is 0.321 e. The zero-order chi connectivity index (χ0) is 15.3. The molecule has 0 aromatic heterocycles. The Morgan fingerprint density at radius 2 is 1.65 bits per heavy atom. The van der Waals surface area contributed by atoms with Crippen LogP contribution in [0.3, 0.4) is 0 Å². The average molecular weight is 277 g/mol. The molecule has 0 bridgehead atoms. The van der Waals surface area contributed by atoms with Crippen molar-refractivity contribution in [3.8, 4) is 0 Å². The highest BCUT2D eigenvalue weighted by Crippen LogP contribution is 2.22. The normalized spacial score (nSPS) is 13.5. The molecule has 0 fully saturated rings. The fraction of sp³-hybridized carbons (Fsp3) is 0.588. The van der Waals surface area contributed by atoms with Gasteiger partial charge in [0.2, 0.25) is 0 Å². The van der Waals surface area contributed by atoms with Crippen molar-refractivity contribution >= 4 is 5.97 Å². The van der Waals surface area contributed by atoms with Crippen molar-refractivity contribution in [2.24, 2.45) is 0 Å². The number of aliphatic carboxylic acids is 1. The molecule has 0 aliphatic heterocycles. The fourth-order valence-corrected chi connectivity index (χ4v) is 2.40. The number of carbonyl (C=O) groups is 1.